The molecule has 0 radical (unpaired) electrons. The van der Waals surface area contributed by atoms with E-state index in [2.05, 4.69) is 0 Å². The van der Waals surface area contributed by atoms with Crippen molar-refractivity contribution < 1.29 is 36.3 Å². The van der Waals surface area contributed by atoms with Gasteiger partial charge in [0, 0.05) is 12.8 Å². The summed E-state index contributed by atoms with van der Waals surface area (Å²) in [6.07, 6.45) is -0.747. The van der Waals surface area contributed by atoms with E-state index in [1.807, 2.05) is 0 Å². The van der Waals surface area contributed by atoms with Crippen LogP contribution in [0.2, 0.25) is 0 Å². The largest absolute Gasteiger partial charge is 0.501 e. The molecule has 0 aromatic rings. The molecule has 1 fully saturated rings. The fraction of sp³-hybridized carbons (Fsp3) is 0.500. The summed E-state index contributed by atoms with van der Waals surface area (Å²) in [5.74, 6) is -2.54. The average molecular weight is 285 g/mol. The minimum Gasteiger partial charge on any atom is -0.477 e. The zero-order valence-electron chi connectivity index (χ0n) is 8.56. The van der Waals surface area contributed by atoms with Crippen molar-refractivity contribution >= 4 is 21.7 Å². The topological polar surface area (TPSA) is 91.7 Å². The average Bonchev–Trinajstić information content (AvgIpc) is 2.49. The van der Waals surface area contributed by atoms with Crippen molar-refractivity contribution in [1.29, 1.82) is 0 Å². The number of hydrogen-bond acceptors (Lipinski definition) is 4. The van der Waals surface area contributed by atoms with Gasteiger partial charge in [0.2, 0.25) is 5.91 Å². The fourth-order valence-electron chi connectivity index (χ4n) is 2.00. The summed E-state index contributed by atoms with van der Waals surface area (Å²) in [5.41, 5.74) is -6.65. The van der Waals surface area contributed by atoms with Gasteiger partial charge in [0.25, 0.3) is 9.84 Å². The molecule has 18 heavy (non-hydrogen) atoms. The summed E-state index contributed by atoms with van der Waals surface area (Å²) in [4.78, 5) is 21.3. The van der Waals surface area contributed by atoms with Crippen LogP contribution in [0.5, 0.6) is 0 Å². The van der Waals surface area contributed by atoms with Gasteiger partial charge in [-0.3, -0.25) is 4.79 Å². The van der Waals surface area contributed by atoms with Gasteiger partial charge < -0.3 is 10.0 Å². The fourth-order valence-corrected chi connectivity index (χ4v) is 3.13. The first-order valence-electron chi connectivity index (χ1n) is 4.67. The summed E-state index contributed by atoms with van der Waals surface area (Å²) in [7, 11) is -5.71. The maximum absolute atomic E-state index is 12.4. The number of amides is 1. The molecular weight excluding hydrogens is 279 g/mol. The van der Waals surface area contributed by atoms with Crippen LogP contribution < -0.4 is 0 Å². The number of nitrogens with zero attached hydrogens (tertiary/aromatic N) is 1. The molecule has 2 aliphatic heterocycles. The number of carbonyl (C=O) groups is 2. The maximum Gasteiger partial charge on any atom is 0.501 e. The Labute approximate surface area is 98.6 Å². The smallest absolute Gasteiger partial charge is 0.477 e. The highest BCUT2D eigenvalue weighted by Crippen LogP contribution is 2.44. The van der Waals surface area contributed by atoms with E-state index in [0.717, 1.165) is 0 Å². The minimum absolute atomic E-state index is 0.145. The Morgan fingerprint density at radius 3 is 2.28 bits per heavy atom. The van der Waals surface area contributed by atoms with Gasteiger partial charge in [-0.1, -0.05) is 0 Å². The molecule has 2 aliphatic rings. The lowest BCUT2D eigenvalue weighted by atomic mass is 10.0. The lowest BCUT2D eigenvalue weighted by molar-refractivity contribution is -0.147. The van der Waals surface area contributed by atoms with Gasteiger partial charge in [-0.05, 0) is 0 Å². The number of β-lactam (4-membered cyclic amide) rings is 1. The van der Waals surface area contributed by atoms with Crippen molar-refractivity contribution in [2.75, 3.05) is 0 Å². The summed E-state index contributed by atoms with van der Waals surface area (Å²) in [6.45, 7) is 0. The van der Waals surface area contributed by atoms with Gasteiger partial charge in [-0.15, -0.1) is 0 Å². The molecule has 6 nitrogen and oxygen atoms in total. The second-order valence-electron chi connectivity index (χ2n) is 3.85. The predicted molar refractivity (Wildman–Crippen MR) is 49.5 cm³/mol. The molecule has 1 atom stereocenters. The Kier molecular flexibility index (Phi) is 2.48. The van der Waals surface area contributed by atoms with Crippen molar-refractivity contribution in [2.45, 2.75) is 24.4 Å². The highest BCUT2D eigenvalue weighted by molar-refractivity contribution is 7.96. The minimum atomic E-state index is -5.71. The van der Waals surface area contributed by atoms with Crippen molar-refractivity contribution in [1.82, 2.24) is 4.90 Å². The molecule has 0 aromatic carbocycles. The van der Waals surface area contributed by atoms with E-state index in [0.29, 0.717) is 4.90 Å². The van der Waals surface area contributed by atoms with E-state index in [-0.39, 0.29) is 6.42 Å². The van der Waals surface area contributed by atoms with Gasteiger partial charge in [-0.2, -0.15) is 13.2 Å². The molecule has 100 valence electrons. The summed E-state index contributed by atoms with van der Waals surface area (Å²) in [5, 5.41) is 8.77. The highest BCUT2D eigenvalue weighted by atomic mass is 32.2. The third-order valence-electron chi connectivity index (χ3n) is 2.80. The van der Waals surface area contributed by atoms with Gasteiger partial charge in [0.05, 0.1) is 10.9 Å². The van der Waals surface area contributed by atoms with Crippen LogP contribution in [0.15, 0.2) is 10.6 Å². The second kappa shape index (κ2) is 3.46. The van der Waals surface area contributed by atoms with Crippen LogP contribution in [0.1, 0.15) is 12.8 Å². The number of fused-ring (bicyclic) bond motifs is 1. The third kappa shape index (κ3) is 1.51. The van der Waals surface area contributed by atoms with Crippen LogP contribution in [0.3, 0.4) is 0 Å². The standard InChI is InChI=1S/C8H6F3NO5S/c9-8(10,11)18(16,17)4-1-3-2-5(13)12(3)6(4)7(14)15/h3H,1-2H2,(H,14,15)/t3-/m1/s1. The summed E-state index contributed by atoms with van der Waals surface area (Å²) in [6, 6.07) is -0.796. The van der Waals surface area contributed by atoms with Gasteiger partial charge in [-0.25, -0.2) is 13.2 Å². The molecule has 0 bridgehead atoms. The predicted octanol–water partition coefficient (Wildman–Crippen LogP) is 0.222. The number of alkyl halides is 3. The van der Waals surface area contributed by atoms with Gasteiger partial charge >= 0.3 is 11.5 Å². The lowest BCUT2D eigenvalue weighted by Crippen LogP contribution is -2.49. The molecule has 1 amide bonds. The Morgan fingerprint density at radius 2 is 1.89 bits per heavy atom. The van der Waals surface area contributed by atoms with Crippen LogP contribution in [-0.2, 0) is 19.4 Å². The van der Waals surface area contributed by atoms with Crippen LogP contribution in [0.4, 0.5) is 13.2 Å². The first-order chi connectivity index (χ1) is 8.07. The van der Waals surface area contributed by atoms with Crippen molar-refractivity contribution in [3.8, 4) is 0 Å². The van der Waals surface area contributed by atoms with E-state index in [1.54, 1.807) is 0 Å². The molecule has 0 aromatic heterocycles. The van der Waals surface area contributed by atoms with Crippen LogP contribution >= 0.6 is 0 Å². The number of hydrogen-bond donors (Lipinski definition) is 1. The molecule has 0 aliphatic carbocycles. The maximum atomic E-state index is 12.4. The Hall–Kier alpha value is -1.58. The Balaban J connectivity index is 2.58. The normalized spacial score (nSPS) is 24.1. The number of carbonyl (C=O) groups excluding carboxylic acids is 1. The van der Waals surface area contributed by atoms with Crippen LogP contribution in [0, 0.1) is 0 Å². The number of rotatable bonds is 2. The van der Waals surface area contributed by atoms with E-state index < -0.39 is 50.3 Å². The summed E-state index contributed by atoms with van der Waals surface area (Å²) >= 11 is 0. The SMILES string of the molecule is O=C(O)C1=C(S(=O)(=O)C(F)(F)F)C[C@@H]2CC(=O)N12. The molecule has 1 saturated heterocycles. The quantitative estimate of drug-likeness (QED) is 0.733. The van der Waals surface area contributed by atoms with E-state index in [9.17, 15) is 31.2 Å². The number of halogens is 3. The Bertz CT molecular complexity index is 576. The highest BCUT2D eigenvalue weighted by Gasteiger charge is 2.57. The zero-order chi connectivity index (χ0) is 13.9. The molecule has 1 N–H and O–H groups in total. The second-order valence-corrected chi connectivity index (χ2v) is 5.81. The van der Waals surface area contributed by atoms with Crippen molar-refractivity contribution in [2.24, 2.45) is 0 Å². The van der Waals surface area contributed by atoms with Crippen LogP contribution in [-0.4, -0.2) is 41.9 Å². The van der Waals surface area contributed by atoms with Gasteiger partial charge in [0.1, 0.15) is 5.70 Å². The molecule has 2 rings (SSSR count). The first-order valence-corrected chi connectivity index (χ1v) is 6.15. The Morgan fingerprint density at radius 1 is 1.33 bits per heavy atom. The summed E-state index contributed by atoms with van der Waals surface area (Å²) < 4.78 is 59.5. The monoisotopic (exact) mass is 285 g/mol. The number of aliphatic carboxylic acids is 1. The third-order valence-corrected chi connectivity index (χ3v) is 4.42. The van der Waals surface area contributed by atoms with E-state index in [1.165, 1.54) is 0 Å². The van der Waals surface area contributed by atoms with Crippen molar-refractivity contribution in [3.05, 3.63) is 10.6 Å². The number of carboxylic acids is 1. The molecule has 10 heteroatoms. The van der Waals surface area contributed by atoms with Crippen LogP contribution in [0.25, 0.3) is 0 Å². The molecular formula is C8H6F3NO5S. The molecule has 0 saturated carbocycles. The lowest BCUT2D eigenvalue weighted by Gasteiger charge is -2.34. The first kappa shape index (κ1) is 12.9. The van der Waals surface area contributed by atoms with E-state index >= 15 is 0 Å². The van der Waals surface area contributed by atoms with Crippen molar-refractivity contribution in [3.63, 3.8) is 0 Å². The van der Waals surface area contributed by atoms with E-state index in [4.69, 9.17) is 5.11 Å². The molecule has 0 unspecified atom stereocenters. The number of carboxylic acid groups (broad SMARTS) is 1. The van der Waals surface area contributed by atoms with Gasteiger partial charge in [0.15, 0.2) is 0 Å². The number of sulfone groups is 1. The zero-order valence-corrected chi connectivity index (χ0v) is 9.38. The molecule has 2 heterocycles. The molecule has 0 spiro atoms.